The first-order valence-corrected chi connectivity index (χ1v) is 7.78. The van der Waals surface area contributed by atoms with Gasteiger partial charge >= 0.3 is 7.37 Å². The summed E-state index contributed by atoms with van der Waals surface area (Å²) in [6, 6.07) is 0. The molecule has 0 fully saturated rings. The largest absolute Gasteiger partial charge is 0.378 e. The van der Waals surface area contributed by atoms with E-state index in [2.05, 4.69) is 11.6 Å². The van der Waals surface area contributed by atoms with Crippen molar-refractivity contribution in [1.82, 2.24) is 0 Å². The van der Waals surface area contributed by atoms with Gasteiger partial charge in [-0.3, -0.25) is 4.57 Å². The van der Waals surface area contributed by atoms with Gasteiger partial charge in [0.1, 0.15) is 0 Å². The molecule has 0 amide bonds. The number of alkyl halides is 3. The second-order valence-corrected chi connectivity index (χ2v) is 8.95. The Labute approximate surface area is 117 Å². The minimum absolute atomic E-state index is 0.105. The van der Waals surface area contributed by atoms with E-state index in [0.717, 1.165) is 0 Å². The Bertz CT molecular complexity index is 360. The molecule has 0 bridgehead atoms. The van der Waals surface area contributed by atoms with Gasteiger partial charge in [0.15, 0.2) is 5.85 Å². The molecule has 100 valence electrons. The summed E-state index contributed by atoms with van der Waals surface area (Å²) < 4.78 is 15.2. The van der Waals surface area contributed by atoms with Crippen LogP contribution in [0.3, 0.4) is 0 Å². The minimum Gasteiger partial charge on any atom is -0.378 e. The van der Waals surface area contributed by atoms with E-state index in [1.54, 1.807) is 6.92 Å². The van der Waals surface area contributed by atoms with Crippen LogP contribution in [0.25, 0.3) is 0 Å². The molecular weight excluding hydrogens is 305 g/mol. The van der Waals surface area contributed by atoms with E-state index >= 15 is 0 Å². The fourth-order valence-electron chi connectivity index (χ4n) is 0.794. The molecule has 7 heteroatoms. The highest BCUT2D eigenvalue weighted by molar-refractivity contribution is 7.65. The molecule has 0 heterocycles. The summed E-state index contributed by atoms with van der Waals surface area (Å²) in [6.07, 6.45) is 0. The molecule has 2 atom stereocenters. The van der Waals surface area contributed by atoms with Gasteiger partial charge in [0.25, 0.3) is 0 Å². The van der Waals surface area contributed by atoms with Crippen LogP contribution < -0.4 is 0 Å². The summed E-state index contributed by atoms with van der Waals surface area (Å²) in [6.45, 7) is 7.22. The molecule has 0 unspecified atom stereocenters. The summed E-state index contributed by atoms with van der Waals surface area (Å²) in [5.74, 6) is 0.958. The third-order valence-corrected chi connectivity index (χ3v) is 4.70. The summed E-state index contributed by atoms with van der Waals surface area (Å²) in [7, 11) is -3.73. The van der Waals surface area contributed by atoms with Gasteiger partial charge < -0.3 is 9.63 Å². The van der Waals surface area contributed by atoms with E-state index in [0.29, 0.717) is 0 Å². The summed E-state index contributed by atoms with van der Waals surface area (Å²) in [4.78, 5) is 0. The molecule has 0 saturated carbocycles. The molecule has 1 N–H and O–H groups in total. The summed E-state index contributed by atoms with van der Waals surface area (Å²) in [5, 5.41) is 9.75. The van der Waals surface area contributed by atoms with Crippen LogP contribution in [0.1, 0.15) is 27.7 Å². The van der Waals surface area contributed by atoms with E-state index in [4.69, 9.17) is 39.3 Å². The van der Waals surface area contributed by atoms with Gasteiger partial charge in [-0.1, -0.05) is 40.7 Å². The van der Waals surface area contributed by atoms with Crippen molar-refractivity contribution in [3.63, 3.8) is 0 Å². The molecule has 0 rings (SSSR count). The predicted octanol–water partition coefficient (Wildman–Crippen LogP) is 4.00. The van der Waals surface area contributed by atoms with Gasteiger partial charge in [0, 0.05) is 5.41 Å². The van der Waals surface area contributed by atoms with Crippen molar-refractivity contribution in [3.8, 4) is 11.6 Å². The van der Waals surface area contributed by atoms with E-state index in [9.17, 15) is 9.67 Å². The molecule has 3 nitrogen and oxygen atoms in total. The molecule has 0 aliphatic heterocycles. The topological polar surface area (TPSA) is 46.5 Å². The van der Waals surface area contributed by atoms with Crippen LogP contribution >= 0.6 is 42.2 Å². The number of hydrogen-bond acceptors (Lipinski definition) is 3. The van der Waals surface area contributed by atoms with Gasteiger partial charge in [-0.2, -0.15) is 0 Å². The Morgan fingerprint density at radius 3 is 2.12 bits per heavy atom. The highest BCUT2D eigenvalue weighted by Crippen LogP contribution is 2.57. The van der Waals surface area contributed by atoms with Gasteiger partial charge in [-0.05, 0) is 33.4 Å². The van der Waals surface area contributed by atoms with Crippen molar-refractivity contribution in [2.75, 3.05) is 6.61 Å². The average Bonchev–Trinajstić information content (AvgIpc) is 2.12. The molecule has 0 spiro atoms. The van der Waals surface area contributed by atoms with Crippen molar-refractivity contribution in [2.24, 2.45) is 5.41 Å². The fraction of sp³-hybridized carbons (Fsp3) is 0.800. The Morgan fingerprint density at radius 2 is 1.82 bits per heavy atom. The highest BCUT2D eigenvalue weighted by Gasteiger charge is 2.45. The van der Waals surface area contributed by atoms with Crippen LogP contribution in [0.2, 0.25) is 0 Å². The maximum Gasteiger partial charge on any atom is 0.305 e. The highest BCUT2D eigenvalue weighted by atomic mass is 35.6. The fourth-order valence-corrected chi connectivity index (χ4v) is 3.54. The summed E-state index contributed by atoms with van der Waals surface area (Å²) >= 11 is 16.5. The average molecular weight is 322 g/mol. The lowest BCUT2D eigenvalue weighted by molar-refractivity contribution is 0.218. The number of halogens is 3. The third-order valence-electron chi connectivity index (χ3n) is 1.52. The van der Waals surface area contributed by atoms with E-state index in [-0.39, 0.29) is 12.0 Å². The van der Waals surface area contributed by atoms with E-state index in [1.807, 2.05) is 20.8 Å². The maximum atomic E-state index is 12.3. The predicted molar refractivity (Wildman–Crippen MR) is 72.8 cm³/mol. The van der Waals surface area contributed by atoms with Gasteiger partial charge in [0.05, 0.1) is 6.61 Å². The molecule has 0 aromatic rings. The Balaban J connectivity index is 5.31. The zero-order valence-electron chi connectivity index (χ0n) is 10.1. The Hall–Kier alpha value is 0.580. The molecule has 17 heavy (non-hydrogen) atoms. The minimum atomic E-state index is -3.73. The first-order chi connectivity index (χ1) is 7.42. The van der Waals surface area contributed by atoms with Crippen molar-refractivity contribution < 1.29 is 14.2 Å². The molecular formula is C10H16Cl3O3P. The lowest BCUT2D eigenvalue weighted by Crippen LogP contribution is -2.25. The van der Waals surface area contributed by atoms with E-state index in [1.165, 1.54) is 0 Å². The smallest absolute Gasteiger partial charge is 0.305 e. The Kier molecular flexibility index (Phi) is 6.36. The monoisotopic (exact) mass is 320 g/mol. The summed E-state index contributed by atoms with van der Waals surface area (Å²) in [5.41, 5.74) is 2.03. The van der Waals surface area contributed by atoms with Crippen molar-refractivity contribution in [3.05, 3.63) is 0 Å². The zero-order valence-corrected chi connectivity index (χ0v) is 13.3. The third kappa shape index (κ3) is 6.34. The normalized spacial score (nSPS) is 17.9. The second kappa shape index (κ2) is 6.15. The number of aliphatic hydroxyl groups excluding tert-OH is 1. The molecule has 0 radical (unpaired) electrons. The van der Waals surface area contributed by atoms with Crippen LogP contribution in [0.15, 0.2) is 0 Å². The van der Waals surface area contributed by atoms with Crippen molar-refractivity contribution in [2.45, 2.75) is 37.3 Å². The maximum absolute atomic E-state index is 12.3. The number of rotatable bonds is 3. The molecule has 0 aromatic carbocycles. The standard InChI is InChI=1S/C10H16Cl3O3P/c1-5-16-17(15,7-6-9(2,3)4)8(14)10(11,12)13/h8,14H,5H2,1-4H3/t8-,17+/m0/s1. The Morgan fingerprint density at radius 1 is 1.35 bits per heavy atom. The second-order valence-electron chi connectivity index (χ2n) is 4.42. The number of aliphatic hydroxyl groups is 1. The lowest BCUT2D eigenvalue weighted by atomic mass is 9.99. The first kappa shape index (κ1) is 17.6. The first-order valence-electron chi connectivity index (χ1n) is 4.96. The lowest BCUT2D eigenvalue weighted by Gasteiger charge is -2.24. The molecule has 0 aromatic heterocycles. The van der Waals surface area contributed by atoms with Gasteiger partial charge in [-0.15, -0.1) is 0 Å². The SMILES string of the molecule is CCO[P@](=O)(C#CC(C)(C)C)[C@H](O)C(Cl)(Cl)Cl. The molecule has 0 saturated heterocycles. The van der Waals surface area contributed by atoms with Crippen LogP contribution in [0.4, 0.5) is 0 Å². The van der Waals surface area contributed by atoms with Crippen molar-refractivity contribution in [1.29, 1.82) is 0 Å². The van der Waals surface area contributed by atoms with Crippen LogP contribution in [-0.2, 0) is 9.09 Å². The number of hydrogen-bond donors (Lipinski definition) is 1. The van der Waals surface area contributed by atoms with Crippen LogP contribution in [0.5, 0.6) is 0 Å². The van der Waals surface area contributed by atoms with Gasteiger partial charge in [0.2, 0.25) is 3.79 Å². The molecule has 0 aliphatic carbocycles. The van der Waals surface area contributed by atoms with Crippen LogP contribution in [-0.4, -0.2) is 21.4 Å². The quantitative estimate of drug-likeness (QED) is 0.485. The molecule has 0 aliphatic rings. The van der Waals surface area contributed by atoms with Gasteiger partial charge in [-0.25, -0.2) is 0 Å². The van der Waals surface area contributed by atoms with Crippen LogP contribution in [0, 0.1) is 17.0 Å². The van der Waals surface area contributed by atoms with Crippen molar-refractivity contribution >= 4 is 42.2 Å². The van der Waals surface area contributed by atoms with E-state index < -0.39 is 17.0 Å². The zero-order chi connectivity index (χ0) is 13.9.